The number of hydrogen-bond acceptors (Lipinski definition) is 4. The molecule has 1 aliphatic rings. The minimum absolute atomic E-state index is 0.0881. The molecule has 1 amide bonds. The number of rotatable bonds is 5. The van der Waals surface area contributed by atoms with E-state index in [1.165, 1.54) is 6.92 Å². The van der Waals surface area contributed by atoms with Crippen LogP contribution in [0.2, 0.25) is 0 Å². The van der Waals surface area contributed by atoms with Crippen LogP contribution >= 0.6 is 15.9 Å². The molecule has 0 atom stereocenters. The zero-order valence-electron chi connectivity index (χ0n) is 12.5. The molecule has 1 fully saturated rings. The van der Waals surface area contributed by atoms with Crippen molar-refractivity contribution in [1.82, 2.24) is 10.2 Å². The maximum atomic E-state index is 11.5. The van der Waals surface area contributed by atoms with Crippen molar-refractivity contribution < 1.29 is 9.53 Å². The molecule has 21 heavy (non-hydrogen) atoms. The molecule has 6 heteroatoms. The summed E-state index contributed by atoms with van der Waals surface area (Å²) in [5.41, 5.74) is 1.86. The normalized spacial score (nSPS) is 15.8. The van der Waals surface area contributed by atoms with Gasteiger partial charge in [0.2, 0.25) is 5.91 Å². The Hall–Kier alpha value is -1.11. The molecule has 1 saturated heterocycles. The lowest BCUT2D eigenvalue weighted by atomic mass is 10.1. The summed E-state index contributed by atoms with van der Waals surface area (Å²) < 4.78 is 6.38. The molecule has 0 saturated carbocycles. The molecule has 5 nitrogen and oxygen atoms in total. The van der Waals surface area contributed by atoms with E-state index in [0.717, 1.165) is 54.9 Å². The summed E-state index contributed by atoms with van der Waals surface area (Å²) in [5, 5.41) is 6.25. The number of carbonyl (C=O) groups is 1. The molecule has 0 aromatic heterocycles. The quantitative estimate of drug-likeness (QED) is 0.846. The maximum absolute atomic E-state index is 11.5. The number of carbonyl (C=O) groups excluding carboxylic acids is 1. The second-order valence-electron chi connectivity index (χ2n) is 5.13. The fraction of sp³-hybridized carbons (Fsp3) is 0.533. The number of amides is 1. The highest BCUT2D eigenvalue weighted by molar-refractivity contribution is 9.10. The Morgan fingerprint density at radius 1 is 1.43 bits per heavy atom. The number of hydrogen-bond donors (Lipinski definition) is 2. The van der Waals surface area contributed by atoms with Crippen LogP contribution in [0.1, 0.15) is 12.5 Å². The number of nitrogens with one attached hydrogen (secondary N) is 2. The zero-order chi connectivity index (χ0) is 15.2. The van der Waals surface area contributed by atoms with E-state index in [-0.39, 0.29) is 5.91 Å². The first kappa shape index (κ1) is 16.3. The molecule has 2 N–H and O–H groups in total. The van der Waals surface area contributed by atoms with Crippen molar-refractivity contribution in [2.24, 2.45) is 0 Å². The summed E-state index contributed by atoms with van der Waals surface area (Å²) in [5.74, 6) is 0.610. The number of nitrogens with zero attached hydrogens (tertiary/aromatic N) is 1. The second kappa shape index (κ2) is 7.77. The van der Waals surface area contributed by atoms with Crippen LogP contribution in [0.3, 0.4) is 0 Å². The minimum atomic E-state index is -0.0881. The lowest BCUT2D eigenvalue weighted by molar-refractivity contribution is -0.114. The Labute approximate surface area is 134 Å². The average molecular weight is 356 g/mol. The molecule has 0 bridgehead atoms. The van der Waals surface area contributed by atoms with Crippen molar-refractivity contribution in [2.75, 3.05) is 45.2 Å². The topological polar surface area (TPSA) is 53.6 Å². The summed E-state index contributed by atoms with van der Waals surface area (Å²) in [7, 11) is 1.62. The van der Waals surface area contributed by atoms with Crippen molar-refractivity contribution in [1.29, 1.82) is 0 Å². The van der Waals surface area contributed by atoms with E-state index in [2.05, 4.69) is 31.5 Å². The van der Waals surface area contributed by atoms with Gasteiger partial charge in [-0.2, -0.15) is 0 Å². The maximum Gasteiger partial charge on any atom is 0.221 e. The van der Waals surface area contributed by atoms with Crippen LogP contribution in [-0.4, -0.2) is 50.6 Å². The van der Waals surface area contributed by atoms with E-state index >= 15 is 0 Å². The van der Waals surface area contributed by atoms with Gasteiger partial charge in [-0.05, 0) is 24.1 Å². The van der Waals surface area contributed by atoms with Gasteiger partial charge in [0.25, 0.3) is 0 Å². The highest BCUT2D eigenvalue weighted by Gasteiger charge is 2.16. The number of halogens is 1. The van der Waals surface area contributed by atoms with E-state index in [1.54, 1.807) is 7.11 Å². The molecule has 1 heterocycles. The van der Waals surface area contributed by atoms with Gasteiger partial charge in [-0.15, -0.1) is 0 Å². The third-order valence-electron chi connectivity index (χ3n) is 3.63. The summed E-state index contributed by atoms with van der Waals surface area (Å²) in [6, 6.07) is 3.83. The lowest BCUT2D eigenvalue weighted by Crippen LogP contribution is -2.44. The van der Waals surface area contributed by atoms with Gasteiger partial charge in [0.1, 0.15) is 5.75 Å². The first-order valence-corrected chi connectivity index (χ1v) is 7.97. The van der Waals surface area contributed by atoms with Gasteiger partial charge >= 0.3 is 0 Å². The Balaban J connectivity index is 2.16. The average Bonchev–Trinajstić information content (AvgIpc) is 2.47. The predicted octanol–water partition coefficient (Wildman–Crippen LogP) is 1.86. The molecule has 2 rings (SSSR count). The largest absolute Gasteiger partial charge is 0.495 e. The molecule has 1 aromatic rings. The summed E-state index contributed by atoms with van der Waals surface area (Å²) in [6.45, 7) is 6.70. The van der Waals surface area contributed by atoms with Gasteiger partial charge < -0.3 is 20.3 Å². The first-order chi connectivity index (χ1) is 10.1. The smallest absolute Gasteiger partial charge is 0.221 e. The fourth-order valence-corrected chi connectivity index (χ4v) is 3.06. The predicted molar refractivity (Wildman–Crippen MR) is 88.0 cm³/mol. The van der Waals surface area contributed by atoms with Gasteiger partial charge in [0, 0.05) is 44.1 Å². The molecule has 116 valence electrons. The summed E-state index contributed by atoms with van der Waals surface area (Å²) >= 11 is 3.59. The molecular formula is C15H22BrN3O2. The molecule has 1 aliphatic heterocycles. The molecule has 0 aliphatic carbocycles. The van der Waals surface area contributed by atoms with Crippen LogP contribution in [0.25, 0.3) is 0 Å². The Morgan fingerprint density at radius 3 is 2.76 bits per heavy atom. The highest BCUT2D eigenvalue weighted by atomic mass is 79.9. The monoisotopic (exact) mass is 355 g/mol. The molecule has 0 radical (unpaired) electrons. The molecule has 0 spiro atoms. The van der Waals surface area contributed by atoms with Crippen molar-refractivity contribution in [3.05, 3.63) is 22.2 Å². The van der Waals surface area contributed by atoms with Crippen molar-refractivity contribution in [2.45, 2.75) is 13.3 Å². The fourth-order valence-electron chi connectivity index (χ4n) is 2.53. The molecule has 1 aromatic carbocycles. The Kier molecular flexibility index (Phi) is 6.02. The number of methoxy groups -OCH3 is 1. The van der Waals surface area contributed by atoms with Crippen LogP contribution in [0.4, 0.5) is 5.69 Å². The number of benzene rings is 1. The molecular weight excluding hydrogens is 334 g/mol. The SMILES string of the molecule is COc1ccc(Br)c(CCN2CCNCC2)c1NC(C)=O. The van der Waals surface area contributed by atoms with Crippen molar-refractivity contribution >= 4 is 27.5 Å². The number of anilines is 1. The summed E-state index contributed by atoms with van der Waals surface area (Å²) in [6.07, 6.45) is 0.868. The third-order valence-corrected chi connectivity index (χ3v) is 4.37. The van der Waals surface area contributed by atoms with Gasteiger partial charge in [-0.1, -0.05) is 15.9 Å². The Bertz CT molecular complexity index is 502. The number of piperazine rings is 1. The highest BCUT2D eigenvalue weighted by Crippen LogP contribution is 2.34. The Morgan fingerprint density at radius 2 is 2.14 bits per heavy atom. The van der Waals surface area contributed by atoms with Crippen molar-refractivity contribution in [3.8, 4) is 5.75 Å². The third kappa shape index (κ3) is 4.43. The lowest BCUT2D eigenvalue weighted by Gasteiger charge is -2.27. The van der Waals surface area contributed by atoms with E-state index < -0.39 is 0 Å². The van der Waals surface area contributed by atoms with E-state index in [4.69, 9.17) is 4.74 Å². The first-order valence-electron chi connectivity index (χ1n) is 7.18. The van der Waals surface area contributed by atoms with E-state index in [9.17, 15) is 4.79 Å². The number of ether oxygens (including phenoxy) is 1. The van der Waals surface area contributed by atoms with Gasteiger partial charge in [-0.25, -0.2) is 0 Å². The zero-order valence-corrected chi connectivity index (χ0v) is 14.1. The van der Waals surface area contributed by atoms with Crippen LogP contribution in [-0.2, 0) is 11.2 Å². The van der Waals surface area contributed by atoms with E-state index in [0.29, 0.717) is 5.75 Å². The molecule has 0 unspecified atom stereocenters. The van der Waals surface area contributed by atoms with Gasteiger partial charge in [-0.3, -0.25) is 4.79 Å². The standard InChI is InChI=1S/C15H22BrN3O2/c1-11(20)18-15-12(13(16)3-4-14(15)21-2)5-8-19-9-6-17-7-10-19/h3-4,17H,5-10H2,1-2H3,(H,18,20). The van der Waals surface area contributed by atoms with E-state index in [1.807, 2.05) is 12.1 Å². The van der Waals surface area contributed by atoms with Gasteiger partial charge in [0.15, 0.2) is 0 Å². The van der Waals surface area contributed by atoms with Crippen LogP contribution < -0.4 is 15.4 Å². The van der Waals surface area contributed by atoms with Crippen molar-refractivity contribution in [3.63, 3.8) is 0 Å². The second-order valence-corrected chi connectivity index (χ2v) is 5.98. The summed E-state index contributed by atoms with van der Waals surface area (Å²) in [4.78, 5) is 13.9. The van der Waals surface area contributed by atoms with Crippen LogP contribution in [0.5, 0.6) is 5.75 Å². The van der Waals surface area contributed by atoms with Crippen LogP contribution in [0.15, 0.2) is 16.6 Å². The minimum Gasteiger partial charge on any atom is -0.495 e. The van der Waals surface area contributed by atoms with Gasteiger partial charge in [0.05, 0.1) is 12.8 Å². The van der Waals surface area contributed by atoms with Crippen LogP contribution in [0, 0.1) is 0 Å².